The summed E-state index contributed by atoms with van der Waals surface area (Å²) in [5, 5.41) is 14.6. The highest BCUT2D eigenvalue weighted by molar-refractivity contribution is 5.77. The van der Waals surface area contributed by atoms with E-state index in [9.17, 15) is 10.1 Å². The molecule has 1 N–H and O–H groups in total. The lowest BCUT2D eigenvalue weighted by Crippen LogP contribution is -2.36. The fourth-order valence-corrected chi connectivity index (χ4v) is 3.29. The van der Waals surface area contributed by atoms with Crippen molar-refractivity contribution in [2.24, 2.45) is 5.92 Å². The number of nitro groups is 1. The van der Waals surface area contributed by atoms with Crippen molar-refractivity contribution in [2.75, 3.05) is 23.8 Å². The van der Waals surface area contributed by atoms with Crippen molar-refractivity contribution in [3.8, 4) is 0 Å². The zero-order valence-electron chi connectivity index (χ0n) is 13.1. The van der Waals surface area contributed by atoms with Gasteiger partial charge in [-0.2, -0.15) is 0 Å². The lowest BCUT2D eigenvalue weighted by Gasteiger charge is -2.35. The number of anilines is 2. The van der Waals surface area contributed by atoms with E-state index in [4.69, 9.17) is 0 Å². The van der Waals surface area contributed by atoms with E-state index in [0.29, 0.717) is 24.2 Å². The third kappa shape index (κ3) is 3.46. The average Bonchev–Trinajstić information content (AvgIpc) is 2.46. The van der Waals surface area contributed by atoms with Gasteiger partial charge in [0.05, 0.1) is 4.92 Å². The molecule has 0 radical (unpaired) electrons. The molecule has 116 valence electrons. The van der Waals surface area contributed by atoms with Gasteiger partial charge in [0.1, 0.15) is 11.4 Å². The standard InChI is InChI=1S/C16H25N3O2/c1-4-17-14-9-6-10-15(16(14)19(20)21)18(3)13-8-5-7-12(2)11-13/h6,9-10,12-13,17H,4-5,7-8,11H2,1-3H3. The SMILES string of the molecule is CCNc1cccc(N(C)C2CCCC(C)C2)c1[N+](=O)[O-]. The Balaban J connectivity index is 2.33. The summed E-state index contributed by atoms with van der Waals surface area (Å²) in [7, 11) is 1.99. The van der Waals surface area contributed by atoms with Crippen LogP contribution in [0.1, 0.15) is 39.5 Å². The third-order valence-electron chi connectivity index (χ3n) is 4.40. The third-order valence-corrected chi connectivity index (χ3v) is 4.40. The van der Waals surface area contributed by atoms with E-state index in [1.165, 1.54) is 12.8 Å². The normalized spacial score (nSPS) is 21.9. The van der Waals surface area contributed by atoms with Crippen molar-refractivity contribution in [1.82, 2.24) is 0 Å². The van der Waals surface area contributed by atoms with Crippen LogP contribution < -0.4 is 10.2 Å². The van der Waals surface area contributed by atoms with Gasteiger partial charge in [0.15, 0.2) is 0 Å². The summed E-state index contributed by atoms with van der Waals surface area (Å²) in [6.07, 6.45) is 4.70. The first kappa shape index (κ1) is 15.6. The Morgan fingerprint density at radius 2 is 2.19 bits per heavy atom. The van der Waals surface area contributed by atoms with E-state index in [-0.39, 0.29) is 10.6 Å². The first-order valence-electron chi connectivity index (χ1n) is 7.78. The van der Waals surface area contributed by atoms with Crippen molar-refractivity contribution in [3.05, 3.63) is 28.3 Å². The summed E-state index contributed by atoms with van der Waals surface area (Å²) in [5.41, 5.74) is 1.52. The van der Waals surface area contributed by atoms with Gasteiger partial charge in [0.2, 0.25) is 0 Å². The van der Waals surface area contributed by atoms with Crippen LogP contribution in [0.3, 0.4) is 0 Å². The van der Waals surface area contributed by atoms with Gasteiger partial charge in [0.25, 0.3) is 0 Å². The van der Waals surface area contributed by atoms with Crippen molar-refractivity contribution in [2.45, 2.75) is 45.6 Å². The van der Waals surface area contributed by atoms with Crippen molar-refractivity contribution >= 4 is 17.1 Å². The zero-order valence-corrected chi connectivity index (χ0v) is 13.1. The molecule has 0 heterocycles. The lowest BCUT2D eigenvalue weighted by molar-refractivity contribution is -0.383. The summed E-state index contributed by atoms with van der Waals surface area (Å²) in [6.45, 7) is 4.89. The van der Waals surface area contributed by atoms with Gasteiger partial charge < -0.3 is 10.2 Å². The number of nitrogens with one attached hydrogen (secondary N) is 1. The number of benzene rings is 1. The van der Waals surface area contributed by atoms with Crippen LogP contribution in [0.2, 0.25) is 0 Å². The van der Waals surface area contributed by atoms with Crippen LogP contribution in [0.15, 0.2) is 18.2 Å². The van der Waals surface area contributed by atoms with E-state index in [1.807, 2.05) is 26.1 Å². The van der Waals surface area contributed by atoms with E-state index >= 15 is 0 Å². The van der Waals surface area contributed by atoms with Crippen LogP contribution in [-0.4, -0.2) is 24.6 Å². The topological polar surface area (TPSA) is 58.4 Å². The molecule has 1 saturated carbocycles. The van der Waals surface area contributed by atoms with Crippen LogP contribution in [0.25, 0.3) is 0 Å². The molecule has 1 aromatic rings. The van der Waals surface area contributed by atoms with Crippen LogP contribution in [0.5, 0.6) is 0 Å². The van der Waals surface area contributed by atoms with Gasteiger partial charge >= 0.3 is 5.69 Å². The van der Waals surface area contributed by atoms with Crippen LogP contribution in [0.4, 0.5) is 17.1 Å². The molecule has 21 heavy (non-hydrogen) atoms. The smallest absolute Gasteiger partial charge is 0.315 e. The molecule has 1 aromatic carbocycles. The summed E-state index contributed by atoms with van der Waals surface area (Å²) >= 11 is 0. The molecule has 1 aliphatic rings. The van der Waals surface area contributed by atoms with Crippen molar-refractivity contribution in [1.29, 1.82) is 0 Å². The van der Waals surface area contributed by atoms with Gasteiger partial charge in [-0.3, -0.25) is 10.1 Å². The molecule has 0 spiro atoms. The monoisotopic (exact) mass is 291 g/mol. The van der Waals surface area contributed by atoms with Gasteiger partial charge in [0, 0.05) is 19.6 Å². The van der Waals surface area contributed by atoms with Gasteiger partial charge in [-0.05, 0) is 37.8 Å². The maximum atomic E-state index is 11.5. The lowest BCUT2D eigenvalue weighted by atomic mass is 9.86. The van der Waals surface area contributed by atoms with Gasteiger partial charge in [-0.25, -0.2) is 0 Å². The summed E-state index contributed by atoms with van der Waals surface area (Å²) in [4.78, 5) is 13.3. The Labute approximate surface area is 126 Å². The number of nitro benzene ring substituents is 1. The number of para-hydroxylation sites is 1. The number of hydrogen-bond donors (Lipinski definition) is 1. The van der Waals surface area contributed by atoms with Crippen molar-refractivity contribution < 1.29 is 4.92 Å². The van der Waals surface area contributed by atoms with Crippen LogP contribution >= 0.6 is 0 Å². The Kier molecular flexibility index (Phi) is 5.04. The summed E-state index contributed by atoms with van der Waals surface area (Å²) in [6, 6.07) is 5.92. The molecule has 1 aliphatic carbocycles. The van der Waals surface area contributed by atoms with E-state index < -0.39 is 0 Å². The molecule has 0 aliphatic heterocycles. The van der Waals surface area contributed by atoms with E-state index in [2.05, 4.69) is 17.1 Å². The quantitative estimate of drug-likeness (QED) is 0.657. The molecule has 2 atom stereocenters. The maximum absolute atomic E-state index is 11.5. The first-order chi connectivity index (χ1) is 10.0. The highest BCUT2D eigenvalue weighted by Crippen LogP contribution is 2.38. The predicted octanol–water partition coefficient (Wildman–Crippen LogP) is 4.04. The second-order valence-corrected chi connectivity index (χ2v) is 6.00. The molecule has 1 fully saturated rings. The average molecular weight is 291 g/mol. The van der Waals surface area contributed by atoms with E-state index in [1.54, 1.807) is 6.07 Å². The van der Waals surface area contributed by atoms with Crippen molar-refractivity contribution in [3.63, 3.8) is 0 Å². The Bertz CT molecular complexity index is 504. The molecular weight excluding hydrogens is 266 g/mol. The molecule has 0 amide bonds. The minimum Gasteiger partial charge on any atom is -0.380 e. The molecule has 0 aromatic heterocycles. The Hall–Kier alpha value is -1.78. The second-order valence-electron chi connectivity index (χ2n) is 6.00. The van der Waals surface area contributed by atoms with Gasteiger partial charge in [-0.1, -0.05) is 25.8 Å². The second kappa shape index (κ2) is 6.78. The molecule has 0 saturated heterocycles. The fraction of sp³-hybridized carbons (Fsp3) is 0.625. The number of rotatable bonds is 5. The highest BCUT2D eigenvalue weighted by atomic mass is 16.6. The maximum Gasteiger partial charge on any atom is 0.315 e. The molecular formula is C16H25N3O2. The Morgan fingerprint density at radius 1 is 1.43 bits per heavy atom. The number of nitrogens with zero attached hydrogens (tertiary/aromatic N) is 2. The van der Waals surface area contributed by atoms with Gasteiger partial charge in [-0.15, -0.1) is 0 Å². The molecule has 0 bridgehead atoms. The Morgan fingerprint density at radius 3 is 2.81 bits per heavy atom. The van der Waals surface area contributed by atoms with E-state index in [0.717, 1.165) is 18.5 Å². The fourth-order valence-electron chi connectivity index (χ4n) is 3.29. The van der Waals surface area contributed by atoms with Crippen LogP contribution in [0, 0.1) is 16.0 Å². The minimum absolute atomic E-state index is 0.195. The molecule has 5 nitrogen and oxygen atoms in total. The molecule has 5 heteroatoms. The summed E-state index contributed by atoms with van der Waals surface area (Å²) in [5.74, 6) is 0.696. The number of hydrogen-bond acceptors (Lipinski definition) is 4. The highest BCUT2D eigenvalue weighted by Gasteiger charge is 2.28. The first-order valence-corrected chi connectivity index (χ1v) is 7.78. The van der Waals surface area contributed by atoms with Crippen LogP contribution in [-0.2, 0) is 0 Å². The minimum atomic E-state index is -0.268. The predicted molar refractivity (Wildman–Crippen MR) is 87.1 cm³/mol. The molecule has 2 unspecified atom stereocenters. The molecule has 2 rings (SSSR count). The summed E-state index contributed by atoms with van der Waals surface area (Å²) < 4.78 is 0. The largest absolute Gasteiger partial charge is 0.380 e. The zero-order chi connectivity index (χ0) is 15.4.